The second-order valence-electron chi connectivity index (χ2n) is 4.70. The molecule has 1 aliphatic carbocycles. The zero-order valence-electron chi connectivity index (χ0n) is 9.87. The van der Waals surface area contributed by atoms with Crippen LogP contribution in [0, 0.1) is 5.92 Å². The molecule has 0 aromatic heterocycles. The summed E-state index contributed by atoms with van der Waals surface area (Å²) in [7, 11) is 0. The first kappa shape index (κ1) is 12.9. The van der Waals surface area contributed by atoms with Crippen molar-refractivity contribution in [3.05, 3.63) is 0 Å². The van der Waals surface area contributed by atoms with Crippen LogP contribution in [-0.4, -0.2) is 30.5 Å². The smallest absolute Gasteiger partial charge is 0.103 e. The average Bonchev–Trinajstić information content (AvgIpc) is 3.07. The van der Waals surface area contributed by atoms with Gasteiger partial charge in [-0.05, 0) is 25.2 Å². The molecule has 15 heavy (non-hydrogen) atoms. The van der Waals surface area contributed by atoms with E-state index >= 15 is 0 Å². The molecule has 3 heteroatoms. The standard InChI is InChI=1S/C12H25NO2/c1-2-3-4-5-8-15-10-12(14,9-13)11-6-7-11/h11,14H,2-10,13H2,1H3. The van der Waals surface area contributed by atoms with Gasteiger partial charge in [0.15, 0.2) is 0 Å². The lowest BCUT2D eigenvalue weighted by atomic mass is 9.99. The van der Waals surface area contributed by atoms with Crippen LogP contribution in [0.15, 0.2) is 0 Å². The van der Waals surface area contributed by atoms with E-state index in [-0.39, 0.29) is 0 Å². The fourth-order valence-corrected chi connectivity index (χ4v) is 1.84. The third-order valence-corrected chi connectivity index (χ3v) is 3.18. The third-order valence-electron chi connectivity index (χ3n) is 3.18. The van der Waals surface area contributed by atoms with Gasteiger partial charge in [0.2, 0.25) is 0 Å². The molecule has 3 nitrogen and oxygen atoms in total. The Labute approximate surface area is 93.0 Å². The van der Waals surface area contributed by atoms with Gasteiger partial charge in [0.1, 0.15) is 5.60 Å². The summed E-state index contributed by atoms with van der Waals surface area (Å²) in [6, 6.07) is 0. The maximum atomic E-state index is 10.1. The highest BCUT2D eigenvalue weighted by Gasteiger charge is 2.42. The van der Waals surface area contributed by atoms with E-state index in [2.05, 4.69) is 6.92 Å². The molecule has 0 bridgehead atoms. The van der Waals surface area contributed by atoms with E-state index in [1.807, 2.05) is 0 Å². The maximum Gasteiger partial charge on any atom is 0.103 e. The van der Waals surface area contributed by atoms with E-state index in [1.54, 1.807) is 0 Å². The Balaban J connectivity index is 2.02. The second-order valence-corrected chi connectivity index (χ2v) is 4.70. The van der Waals surface area contributed by atoms with Crippen molar-refractivity contribution in [3.8, 4) is 0 Å². The Kier molecular flexibility index (Phi) is 5.58. The van der Waals surface area contributed by atoms with E-state index < -0.39 is 5.60 Å². The van der Waals surface area contributed by atoms with Crippen LogP contribution < -0.4 is 5.73 Å². The van der Waals surface area contributed by atoms with Crippen molar-refractivity contribution < 1.29 is 9.84 Å². The van der Waals surface area contributed by atoms with Gasteiger partial charge in [-0.25, -0.2) is 0 Å². The molecule has 1 fully saturated rings. The largest absolute Gasteiger partial charge is 0.386 e. The van der Waals surface area contributed by atoms with Crippen LogP contribution in [-0.2, 0) is 4.74 Å². The summed E-state index contributed by atoms with van der Waals surface area (Å²) in [5, 5.41) is 10.1. The van der Waals surface area contributed by atoms with Crippen molar-refractivity contribution in [2.24, 2.45) is 11.7 Å². The Morgan fingerprint density at radius 1 is 1.33 bits per heavy atom. The zero-order chi connectivity index (χ0) is 11.1. The van der Waals surface area contributed by atoms with Gasteiger partial charge in [-0.15, -0.1) is 0 Å². The number of rotatable bonds is 9. The molecule has 3 N–H and O–H groups in total. The summed E-state index contributed by atoms with van der Waals surface area (Å²) >= 11 is 0. The minimum absolute atomic E-state index is 0.326. The molecule has 1 aliphatic rings. The summed E-state index contributed by atoms with van der Waals surface area (Å²) in [6.07, 6.45) is 7.04. The first-order valence-electron chi connectivity index (χ1n) is 6.23. The Hall–Kier alpha value is -0.120. The lowest BCUT2D eigenvalue weighted by Gasteiger charge is -2.26. The Morgan fingerprint density at radius 3 is 2.60 bits per heavy atom. The highest BCUT2D eigenvalue weighted by Crippen LogP contribution is 2.39. The van der Waals surface area contributed by atoms with Crippen LogP contribution in [0.5, 0.6) is 0 Å². The Bertz CT molecular complexity index is 171. The third kappa shape index (κ3) is 4.49. The Morgan fingerprint density at radius 2 is 2.07 bits per heavy atom. The summed E-state index contributed by atoms with van der Waals surface area (Å²) in [4.78, 5) is 0. The van der Waals surface area contributed by atoms with Crippen LogP contribution in [0.25, 0.3) is 0 Å². The van der Waals surface area contributed by atoms with Gasteiger partial charge in [0, 0.05) is 13.2 Å². The molecule has 0 aromatic carbocycles. The normalized spacial score (nSPS) is 20.2. The van der Waals surface area contributed by atoms with Gasteiger partial charge in [-0.1, -0.05) is 26.2 Å². The molecule has 0 aromatic rings. The summed E-state index contributed by atoms with van der Waals surface area (Å²) in [6.45, 7) is 3.70. The van der Waals surface area contributed by atoms with Gasteiger partial charge in [-0.2, -0.15) is 0 Å². The number of hydrogen-bond acceptors (Lipinski definition) is 3. The van der Waals surface area contributed by atoms with Crippen molar-refractivity contribution in [1.29, 1.82) is 0 Å². The van der Waals surface area contributed by atoms with E-state index in [1.165, 1.54) is 19.3 Å². The van der Waals surface area contributed by atoms with Gasteiger partial charge >= 0.3 is 0 Å². The minimum Gasteiger partial charge on any atom is -0.386 e. The number of nitrogens with two attached hydrogens (primary N) is 1. The highest BCUT2D eigenvalue weighted by atomic mass is 16.5. The van der Waals surface area contributed by atoms with E-state index in [0.29, 0.717) is 19.1 Å². The second kappa shape index (κ2) is 6.46. The maximum absolute atomic E-state index is 10.1. The van der Waals surface area contributed by atoms with Gasteiger partial charge in [-0.3, -0.25) is 0 Å². The summed E-state index contributed by atoms with van der Waals surface area (Å²) in [5.74, 6) is 0.387. The van der Waals surface area contributed by atoms with Crippen molar-refractivity contribution in [2.45, 2.75) is 51.0 Å². The highest BCUT2D eigenvalue weighted by molar-refractivity contribution is 4.95. The lowest BCUT2D eigenvalue weighted by molar-refractivity contribution is -0.0554. The SMILES string of the molecule is CCCCCCOCC(O)(CN)C1CC1. The van der Waals surface area contributed by atoms with Crippen LogP contribution in [0.1, 0.15) is 45.4 Å². The van der Waals surface area contributed by atoms with Crippen molar-refractivity contribution in [1.82, 2.24) is 0 Å². The van der Waals surface area contributed by atoms with Crippen LogP contribution >= 0.6 is 0 Å². The number of unbranched alkanes of at least 4 members (excludes halogenated alkanes) is 3. The van der Waals surface area contributed by atoms with Crippen LogP contribution in [0.4, 0.5) is 0 Å². The topological polar surface area (TPSA) is 55.5 Å². The number of hydrogen-bond donors (Lipinski definition) is 2. The molecule has 0 aliphatic heterocycles. The predicted octanol–water partition coefficient (Wildman–Crippen LogP) is 1.68. The fourth-order valence-electron chi connectivity index (χ4n) is 1.84. The lowest BCUT2D eigenvalue weighted by Crippen LogP contribution is -2.44. The summed E-state index contributed by atoms with van der Waals surface area (Å²) < 4.78 is 5.51. The molecule has 1 atom stereocenters. The zero-order valence-corrected chi connectivity index (χ0v) is 9.87. The average molecular weight is 215 g/mol. The molecule has 1 unspecified atom stereocenters. The van der Waals surface area contributed by atoms with Crippen molar-refractivity contribution >= 4 is 0 Å². The van der Waals surface area contributed by atoms with Crippen LogP contribution in [0.3, 0.4) is 0 Å². The van der Waals surface area contributed by atoms with E-state index in [9.17, 15) is 5.11 Å². The monoisotopic (exact) mass is 215 g/mol. The molecule has 0 heterocycles. The molecule has 0 spiro atoms. The molecule has 1 saturated carbocycles. The predicted molar refractivity (Wildman–Crippen MR) is 61.7 cm³/mol. The van der Waals surface area contributed by atoms with E-state index in [4.69, 9.17) is 10.5 Å². The molecular weight excluding hydrogens is 190 g/mol. The molecule has 0 radical (unpaired) electrons. The van der Waals surface area contributed by atoms with Gasteiger partial charge in [0.25, 0.3) is 0 Å². The molecule has 0 saturated heterocycles. The quantitative estimate of drug-likeness (QED) is 0.575. The molecule has 90 valence electrons. The summed E-state index contributed by atoms with van der Waals surface area (Å²) in [5.41, 5.74) is 4.84. The number of ether oxygens (including phenoxy) is 1. The van der Waals surface area contributed by atoms with Crippen molar-refractivity contribution in [2.75, 3.05) is 19.8 Å². The van der Waals surface area contributed by atoms with Gasteiger partial charge < -0.3 is 15.6 Å². The first-order chi connectivity index (χ1) is 7.23. The fraction of sp³-hybridized carbons (Fsp3) is 1.00. The minimum atomic E-state index is -0.745. The molecular formula is C12H25NO2. The van der Waals surface area contributed by atoms with Gasteiger partial charge in [0.05, 0.1) is 6.61 Å². The van der Waals surface area contributed by atoms with Crippen LogP contribution in [0.2, 0.25) is 0 Å². The molecule has 0 amide bonds. The van der Waals surface area contributed by atoms with E-state index in [0.717, 1.165) is 25.9 Å². The molecule has 1 rings (SSSR count). The number of aliphatic hydroxyl groups is 1. The first-order valence-corrected chi connectivity index (χ1v) is 6.23. The van der Waals surface area contributed by atoms with Crippen molar-refractivity contribution in [3.63, 3.8) is 0 Å².